The number of anilines is 2. The lowest BCUT2D eigenvalue weighted by Gasteiger charge is -2.21. The fourth-order valence-corrected chi connectivity index (χ4v) is 5.18. The van der Waals surface area contributed by atoms with Crippen molar-refractivity contribution in [3.05, 3.63) is 58.0 Å². The molecule has 2 amide bonds. The number of aryl methyl sites for hydroxylation is 3. The third kappa shape index (κ3) is 3.93. The molecule has 29 heavy (non-hydrogen) atoms. The summed E-state index contributed by atoms with van der Waals surface area (Å²) in [6.07, 6.45) is 0. The fraction of sp³-hybridized carbons (Fsp3) is 0.227. The molecule has 2 N–H and O–H groups in total. The molecule has 0 saturated carbocycles. The zero-order valence-corrected chi connectivity index (χ0v) is 18.3. The number of carbonyl (C=O) groups excluding carboxylic acids is 2. The Balaban J connectivity index is 1.55. The van der Waals surface area contributed by atoms with E-state index in [1.54, 1.807) is 12.1 Å². The highest BCUT2D eigenvalue weighted by atomic mass is 32.2. The van der Waals surface area contributed by atoms with Crippen molar-refractivity contribution in [1.82, 2.24) is 4.98 Å². The van der Waals surface area contributed by atoms with Gasteiger partial charge in [-0.1, -0.05) is 17.7 Å². The van der Waals surface area contributed by atoms with E-state index in [1.807, 2.05) is 18.4 Å². The molecule has 4 rings (SSSR count). The summed E-state index contributed by atoms with van der Waals surface area (Å²) in [5.74, 6) is -0.294. The number of hydrogen-bond donors (Lipinski definition) is 2. The molecule has 1 atom stereocenters. The minimum absolute atomic E-state index is 0.0477. The van der Waals surface area contributed by atoms with Crippen molar-refractivity contribution in [3.63, 3.8) is 0 Å². The summed E-state index contributed by atoms with van der Waals surface area (Å²) in [4.78, 5) is 30.2. The molecule has 7 heteroatoms. The number of hydrogen-bond acceptors (Lipinski definition) is 5. The molecule has 148 valence electrons. The number of fused-ring (bicyclic) bond motifs is 1. The first-order valence-corrected chi connectivity index (χ1v) is 11.0. The first kappa shape index (κ1) is 19.7. The highest BCUT2D eigenvalue weighted by Gasteiger charge is 2.24. The zero-order chi connectivity index (χ0) is 20.7. The molecule has 5 nitrogen and oxygen atoms in total. The van der Waals surface area contributed by atoms with Crippen molar-refractivity contribution in [3.8, 4) is 11.3 Å². The molecule has 1 aliphatic heterocycles. The van der Waals surface area contributed by atoms with Gasteiger partial charge in [0.05, 0.1) is 16.6 Å². The minimum Gasteiger partial charge on any atom is -0.324 e. The molecule has 0 aliphatic carbocycles. The van der Waals surface area contributed by atoms with E-state index < -0.39 is 0 Å². The Morgan fingerprint density at radius 2 is 1.86 bits per heavy atom. The van der Waals surface area contributed by atoms with E-state index in [4.69, 9.17) is 0 Å². The van der Waals surface area contributed by atoms with Gasteiger partial charge >= 0.3 is 0 Å². The second kappa shape index (κ2) is 7.65. The topological polar surface area (TPSA) is 71.1 Å². The Morgan fingerprint density at radius 1 is 1.14 bits per heavy atom. The van der Waals surface area contributed by atoms with Crippen LogP contribution in [-0.2, 0) is 4.79 Å². The Kier molecular flexibility index (Phi) is 5.19. The van der Waals surface area contributed by atoms with Crippen LogP contribution in [0.4, 0.5) is 10.8 Å². The van der Waals surface area contributed by atoms with Crippen LogP contribution in [-0.4, -0.2) is 22.0 Å². The number of thioether (sulfide) groups is 1. The van der Waals surface area contributed by atoms with Gasteiger partial charge in [0.1, 0.15) is 0 Å². The number of nitrogens with zero attached hydrogens (tertiary/aromatic N) is 1. The van der Waals surface area contributed by atoms with Crippen molar-refractivity contribution in [2.75, 3.05) is 10.6 Å². The average molecular weight is 424 g/mol. The van der Waals surface area contributed by atoms with Crippen LogP contribution in [0.5, 0.6) is 0 Å². The number of rotatable bonds is 3. The number of aromatic nitrogens is 1. The summed E-state index contributed by atoms with van der Waals surface area (Å²) < 4.78 is 0. The van der Waals surface area contributed by atoms with E-state index in [2.05, 4.69) is 48.5 Å². The average Bonchev–Trinajstić information content (AvgIpc) is 3.09. The summed E-state index contributed by atoms with van der Waals surface area (Å²) in [6.45, 7) is 8.10. The van der Waals surface area contributed by atoms with Gasteiger partial charge in [-0.15, -0.1) is 23.1 Å². The normalized spacial score (nSPS) is 15.6. The predicted molar refractivity (Wildman–Crippen MR) is 120 cm³/mol. The third-order valence-electron chi connectivity index (χ3n) is 4.83. The van der Waals surface area contributed by atoms with Gasteiger partial charge in [-0.05, 0) is 57.0 Å². The monoisotopic (exact) mass is 423 g/mol. The van der Waals surface area contributed by atoms with Crippen LogP contribution in [0.3, 0.4) is 0 Å². The van der Waals surface area contributed by atoms with Crippen LogP contribution < -0.4 is 10.6 Å². The number of nitrogens with one attached hydrogen (secondary N) is 2. The Hall–Kier alpha value is -2.64. The number of carbonyl (C=O) groups is 2. The number of thiazole rings is 1. The summed E-state index contributed by atoms with van der Waals surface area (Å²) in [5, 5.41) is 8.11. The summed E-state index contributed by atoms with van der Waals surface area (Å²) in [5.41, 5.74) is 6.69. The second-order valence-electron chi connectivity index (χ2n) is 7.23. The first-order chi connectivity index (χ1) is 13.8. The van der Waals surface area contributed by atoms with Crippen LogP contribution >= 0.6 is 23.1 Å². The molecule has 1 aromatic heterocycles. The van der Waals surface area contributed by atoms with Crippen LogP contribution in [0.25, 0.3) is 11.3 Å². The molecule has 0 spiro atoms. The zero-order valence-electron chi connectivity index (χ0n) is 16.6. The quantitative estimate of drug-likeness (QED) is 0.590. The first-order valence-electron chi connectivity index (χ1n) is 9.28. The van der Waals surface area contributed by atoms with E-state index in [9.17, 15) is 9.59 Å². The van der Waals surface area contributed by atoms with Crippen LogP contribution in [0, 0.1) is 20.8 Å². The Morgan fingerprint density at radius 3 is 2.59 bits per heavy atom. The van der Waals surface area contributed by atoms with Gasteiger partial charge in [0.25, 0.3) is 5.91 Å². The molecule has 0 radical (unpaired) electrons. The van der Waals surface area contributed by atoms with E-state index in [1.165, 1.54) is 39.8 Å². The highest BCUT2D eigenvalue weighted by molar-refractivity contribution is 8.00. The molecule has 0 saturated heterocycles. The van der Waals surface area contributed by atoms with E-state index >= 15 is 0 Å². The summed E-state index contributed by atoms with van der Waals surface area (Å²) in [6, 6.07) is 9.63. The van der Waals surface area contributed by atoms with Gasteiger partial charge in [0, 0.05) is 21.4 Å². The van der Waals surface area contributed by atoms with Crippen molar-refractivity contribution >= 4 is 45.7 Å². The van der Waals surface area contributed by atoms with Crippen molar-refractivity contribution in [1.29, 1.82) is 0 Å². The van der Waals surface area contributed by atoms with Crippen LogP contribution in [0.2, 0.25) is 0 Å². The molecular weight excluding hydrogens is 402 g/mol. The summed E-state index contributed by atoms with van der Waals surface area (Å²) in [7, 11) is 0. The van der Waals surface area contributed by atoms with Gasteiger partial charge in [-0.3, -0.25) is 14.9 Å². The molecule has 2 heterocycles. The lowest BCUT2D eigenvalue weighted by atomic mass is 9.98. The van der Waals surface area contributed by atoms with Gasteiger partial charge in [0.15, 0.2) is 5.13 Å². The molecule has 1 aliphatic rings. The second-order valence-corrected chi connectivity index (χ2v) is 9.47. The largest absolute Gasteiger partial charge is 0.324 e. The van der Waals surface area contributed by atoms with Crippen molar-refractivity contribution in [2.24, 2.45) is 0 Å². The number of amides is 2. The van der Waals surface area contributed by atoms with E-state index in [-0.39, 0.29) is 17.1 Å². The maximum Gasteiger partial charge on any atom is 0.257 e. The Labute approximate surface area is 178 Å². The lowest BCUT2D eigenvalue weighted by Crippen LogP contribution is -2.26. The molecular formula is C22H21N3O2S2. The maximum absolute atomic E-state index is 12.7. The maximum atomic E-state index is 12.7. The fourth-order valence-electron chi connectivity index (χ4n) is 3.55. The number of benzene rings is 2. The predicted octanol–water partition coefficient (Wildman–Crippen LogP) is 5.42. The SMILES string of the molecule is Cc1cc(C)c(-c2csc(NC(=O)c3ccc4c(c3)NC(=O)C(C)S4)n2)c(C)c1. The molecule has 0 fully saturated rings. The van der Waals surface area contributed by atoms with Gasteiger partial charge in [0.2, 0.25) is 5.91 Å². The molecule has 1 unspecified atom stereocenters. The lowest BCUT2D eigenvalue weighted by molar-refractivity contribution is -0.115. The standard InChI is InChI=1S/C22H21N3O2S2/c1-11-7-12(2)19(13(3)8-11)17-10-28-22(24-17)25-21(27)15-5-6-18-16(9-15)23-20(26)14(4)29-18/h5-10,14H,1-4H3,(H,23,26)(H,24,25,27). The molecule has 2 aromatic carbocycles. The van der Waals surface area contributed by atoms with E-state index in [0.717, 1.165) is 16.2 Å². The van der Waals surface area contributed by atoms with Crippen molar-refractivity contribution in [2.45, 2.75) is 37.8 Å². The van der Waals surface area contributed by atoms with Gasteiger partial charge in [-0.25, -0.2) is 4.98 Å². The minimum atomic E-state index is -0.246. The Bertz CT molecular complexity index is 1110. The van der Waals surface area contributed by atoms with E-state index in [0.29, 0.717) is 16.4 Å². The molecule has 3 aromatic rings. The summed E-state index contributed by atoms with van der Waals surface area (Å²) >= 11 is 2.90. The molecule has 0 bridgehead atoms. The van der Waals surface area contributed by atoms with Crippen LogP contribution in [0.15, 0.2) is 40.6 Å². The third-order valence-corrected chi connectivity index (χ3v) is 6.77. The van der Waals surface area contributed by atoms with Crippen molar-refractivity contribution < 1.29 is 9.59 Å². The van der Waals surface area contributed by atoms with Gasteiger partial charge < -0.3 is 5.32 Å². The highest BCUT2D eigenvalue weighted by Crippen LogP contribution is 2.36. The smallest absolute Gasteiger partial charge is 0.257 e. The van der Waals surface area contributed by atoms with Crippen LogP contribution in [0.1, 0.15) is 34.0 Å². The van der Waals surface area contributed by atoms with Gasteiger partial charge in [-0.2, -0.15) is 0 Å².